The molecule has 0 aliphatic carbocycles. The number of hydrogen-bond donors (Lipinski definition) is 1. The molecule has 3 rings (SSSR count). The molecule has 1 N–H and O–H groups in total. The summed E-state index contributed by atoms with van der Waals surface area (Å²) in [7, 11) is 0. The van der Waals surface area contributed by atoms with Crippen molar-refractivity contribution < 1.29 is 4.74 Å². The van der Waals surface area contributed by atoms with Gasteiger partial charge in [0.05, 0.1) is 5.52 Å². The highest BCUT2D eigenvalue weighted by molar-refractivity contribution is 5.80. The Bertz CT molecular complexity index is 537. The van der Waals surface area contributed by atoms with Crippen LogP contribution in [0.3, 0.4) is 0 Å². The SMILES string of the molecule is Cc1ccc2nc3c(cc2c1)CNCCO3. The monoisotopic (exact) mass is 214 g/mol. The van der Waals surface area contributed by atoms with Crippen molar-refractivity contribution in [1.29, 1.82) is 0 Å². The van der Waals surface area contributed by atoms with Gasteiger partial charge >= 0.3 is 0 Å². The van der Waals surface area contributed by atoms with Crippen LogP contribution in [0.25, 0.3) is 10.9 Å². The van der Waals surface area contributed by atoms with Crippen LogP contribution in [0.5, 0.6) is 5.88 Å². The average Bonchev–Trinajstić information content (AvgIpc) is 2.50. The molecule has 0 saturated carbocycles. The molecule has 0 fully saturated rings. The molecule has 0 spiro atoms. The van der Waals surface area contributed by atoms with Gasteiger partial charge in [-0.05, 0) is 25.1 Å². The number of benzene rings is 1. The van der Waals surface area contributed by atoms with Crippen LogP contribution in [0.2, 0.25) is 0 Å². The van der Waals surface area contributed by atoms with E-state index in [0.717, 1.165) is 30.0 Å². The fourth-order valence-electron chi connectivity index (χ4n) is 2.02. The minimum Gasteiger partial charge on any atom is -0.476 e. The second-order valence-electron chi connectivity index (χ2n) is 4.17. The van der Waals surface area contributed by atoms with Crippen molar-refractivity contribution in [2.45, 2.75) is 13.5 Å². The average molecular weight is 214 g/mol. The lowest BCUT2D eigenvalue weighted by molar-refractivity contribution is 0.315. The molecule has 82 valence electrons. The Labute approximate surface area is 94.5 Å². The third-order valence-electron chi connectivity index (χ3n) is 2.84. The number of aryl methyl sites for hydroxylation is 1. The lowest BCUT2D eigenvalue weighted by Gasteiger charge is -2.07. The molecular formula is C13H14N2O. The fraction of sp³-hybridized carbons (Fsp3) is 0.308. The number of nitrogens with zero attached hydrogens (tertiary/aromatic N) is 1. The summed E-state index contributed by atoms with van der Waals surface area (Å²) < 4.78 is 5.61. The van der Waals surface area contributed by atoms with E-state index in [2.05, 4.69) is 35.4 Å². The molecule has 1 aromatic carbocycles. The normalized spacial score (nSPS) is 15.3. The van der Waals surface area contributed by atoms with Gasteiger partial charge in [0.1, 0.15) is 6.61 Å². The molecule has 1 aliphatic rings. The van der Waals surface area contributed by atoms with Crippen LogP contribution in [-0.4, -0.2) is 18.1 Å². The van der Waals surface area contributed by atoms with E-state index in [0.29, 0.717) is 6.61 Å². The standard InChI is InChI=1S/C13H14N2O/c1-9-2-3-12-10(6-9)7-11-8-14-4-5-16-13(11)15-12/h2-3,6-7,14H,4-5,8H2,1H3. The minimum atomic E-state index is 0.692. The van der Waals surface area contributed by atoms with Gasteiger partial charge in [0.15, 0.2) is 0 Å². The third kappa shape index (κ3) is 1.63. The van der Waals surface area contributed by atoms with E-state index < -0.39 is 0 Å². The van der Waals surface area contributed by atoms with Crippen LogP contribution < -0.4 is 10.1 Å². The van der Waals surface area contributed by atoms with Gasteiger partial charge in [0.25, 0.3) is 0 Å². The number of aromatic nitrogens is 1. The number of rotatable bonds is 0. The molecule has 3 nitrogen and oxygen atoms in total. The molecule has 2 heterocycles. The first kappa shape index (κ1) is 9.60. The molecule has 0 unspecified atom stereocenters. The Morgan fingerprint density at radius 3 is 3.19 bits per heavy atom. The summed E-state index contributed by atoms with van der Waals surface area (Å²) in [5.41, 5.74) is 3.42. The molecule has 0 amide bonds. The first-order valence-electron chi connectivity index (χ1n) is 5.57. The summed E-state index contributed by atoms with van der Waals surface area (Å²) >= 11 is 0. The fourth-order valence-corrected chi connectivity index (χ4v) is 2.02. The van der Waals surface area contributed by atoms with Gasteiger partial charge in [0.2, 0.25) is 5.88 Å². The quantitative estimate of drug-likeness (QED) is 0.728. The molecule has 0 atom stereocenters. The highest BCUT2D eigenvalue weighted by Crippen LogP contribution is 2.24. The maximum absolute atomic E-state index is 5.61. The van der Waals surface area contributed by atoms with Crippen molar-refractivity contribution in [2.24, 2.45) is 0 Å². The van der Waals surface area contributed by atoms with Gasteiger partial charge in [-0.25, -0.2) is 4.98 Å². The topological polar surface area (TPSA) is 34.2 Å². The Balaban J connectivity index is 2.20. The van der Waals surface area contributed by atoms with E-state index in [1.165, 1.54) is 10.9 Å². The van der Waals surface area contributed by atoms with Gasteiger partial charge in [-0.1, -0.05) is 11.6 Å². The van der Waals surface area contributed by atoms with Crippen molar-refractivity contribution in [3.05, 3.63) is 35.4 Å². The first-order valence-corrected chi connectivity index (χ1v) is 5.57. The Morgan fingerprint density at radius 1 is 1.31 bits per heavy atom. The van der Waals surface area contributed by atoms with Crippen molar-refractivity contribution in [2.75, 3.05) is 13.2 Å². The zero-order valence-corrected chi connectivity index (χ0v) is 9.29. The van der Waals surface area contributed by atoms with Crippen LogP contribution in [-0.2, 0) is 6.54 Å². The maximum atomic E-state index is 5.61. The summed E-state index contributed by atoms with van der Waals surface area (Å²) in [6.45, 7) is 4.51. The summed E-state index contributed by atoms with van der Waals surface area (Å²) in [4.78, 5) is 4.55. The Kier molecular flexibility index (Phi) is 2.26. The molecular weight excluding hydrogens is 200 g/mol. The molecule has 0 radical (unpaired) electrons. The molecule has 3 heteroatoms. The van der Waals surface area contributed by atoms with E-state index in [1.807, 2.05) is 6.07 Å². The van der Waals surface area contributed by atoms with E-state index in [1.54, 1.807) is 0 Å². The molecule has 0 bridgehead atoms. The third-order valence-corrected chi connectivity index (χ3v) is 2.84. The van der Waals surface area contributed by atoms with E-state index in [-0.39, 0.29) is 0 Å². The number of fused-ring (bicyclic) bond motifs is 2. The van der Waals surface area contributed by atoms with Crippen LogP contribution in [0.1, 0.15) is 11.1 Å². The molecule has 0 saturated heterocycles. The zero-order chi connectivity index (χ0) is 11.0. The summed E-state index contributed by atoms with van der Waals surface area (Å²) in [6, 6.07) is 8.46. The molecule has 1 aliphatic heterocycles. The van der Waals surface area contributed by atoms with E-state index >= 15 is 0 Å². The maximum Gasteiger partial charge on any atom is 0.218 e. The molecule has 1 aromatic heterocycles. The van der Waals surface area contributed by atoms with Crippen molar-refractivity contribution in [3.63, 3.8) is 0 Å². The minimum absolute atomic E-state index is 0.692. The predicted octanol–water partition coefficient (Wildman–Crippen LogP) is 2.03. The largest absolute Gasteiger partial charge is 0.476 e. The predicted molar refractivity (Wildman–Crippen MR) is 63.7 cm³/mol. The van der Waals surface area contributed by atoms with Gasteiger partial charge in [-0.3, -0.25) is 0 Å². The Hall–Kier alpha value is -1.61. The van der Waals surface area contributed by atoms with Crippen LogP contribution in [0.4, 0.5) is 0 Å². The van der Waals surface area contributed by atoms with Gasteiger partial charge in [-0.15, -0.1) is 0 Å². The summed E-state index contributed by atoms with van der Waals surface area (Å²) in [6.07, 6.45) is 0. The highest BCUT2D eigenvalue weighted by atomic mass is 16.5. The smallest absolute Gasteiger partial charge is 0.218 e. The van der Waals surface area contributed by atoms with Crippen molar-refractivity contribution >= 4 is 10.9 Å². The zero-order valence-electron chi connectivity index (χ0n) is 9.29. The summed E-state index contributed by atoms with van der Waals surface area (Å²) in [5, 5.41) is 4.50. The van der Waals surface area contributed by atoms with E-state index in [9.17, 15) is 0 Å². The highest BCUT2D eigenvalue weighted by Gasteiger charge is 2.11. The van der Waals surface area contributed by atoms with Crippen LogP contribution >= 0.6 is 0 Å². The molecule has 16 heavy (non-hydrogen) atoms. The number of ether oxygens (including phenoxy) is 1. The van der Waals surface area contributed by atoms with Crippen LogP contribution in [0, 0.1) is 6.92 Å². The lowest BCUT2D eigenvalue weighted by atomic mass is 10.1. The lowest BCUT2D eigenvalue weighted by Crippen LogP contribution is -2.16. The van der Waals surface area contributed by atoms with Gasteiger partial charge in [0, 0.05) is 24.0 Å². The first-order chi connectivity index (χ1) is 7.83. The van der Waals surface area contributed by atoms with Gasteiger partial charge in [-0.2, -0.15) is 0 Å². The number of hydrogen-bond acceptors (Lipinski definition) is 3. The Morgan fingerprint density at radius 2 is 2.25 bits per heavy atom. The second kappa shape index (κ2) is 3.76. The van der Waals surface area contributed by atoms with Crippen molar-refractivity contribution in [1.82, 2.24) is 10.3 Å². The van der Waals surface area contributed by atoms with Crippen LogP contribution in [0.15, 0.2) is 24.3 Å². The second-order valence-corrected chi connectivity index (χ2v) is 4.17. The van der Waals surface area contributed by atoms with E-state index in [4.69, 9.17) is 4.74 Å². The number of pyridine rings is 1. The summed E-state index contributed by atoms with van der Waals surface area (Å²) in [5.74, 6) is 0.779. The van der Waals surface area contributed by atoms with Gasteiger partial charge < -0.3 is 10.1 Å². The molecule has 2 aromatic rings. The van der Waals surface area contributed by atoms with Crippen molar-refractivity contribution in [3.8, 4) is 5.88 Å². The number of nitrogens with one attached hydrogen (secondary N) is 1.